The van der Waals surface area contributed by atoms with Crippen molar-refractivity contribution < 1.29 is 47.3 Å². The quantitative estimate of drug-likeness (QED) is 0.181. The Morgan fingerprint density at radius 1 is 1.03 bits per heavy atom. The van der Waals surface area contributed by atoms with Gasteiger partial charge in [0.2, 0.25) is 15.9 Å². The molecule has 0 aliphatic rings. The van der Waals surface area contributed by atoms with Gasteiger partial charge in [-0.15, -0.1) is 0 Å². The van der Waals surface area contributed by atoms with E-state index in [0.717, 1.165) is 30.3 Å². The van der Waals surface area contributed by atoms with Gasteiger partial charge in [-0.1, -0.05) is 18.6 Å². The molecule has 2 aromatic rings. The first kappa shape index (κ1) is 28.4. The van der Waals surface area contributed by atoms with Crippen molar-refractivity contribution in [2.24, 2.45) is 0 Å². The van der Waals surface area contributed by atoms with Crippen LogP contribution in [0.1, 0.15) is 47.5 Å². The summed E-state index contributed by atoms with van der Waals surface area (Å²) in [5.74, 6) is -5.35. The molecule has 5 N–H and O–H groups in total. The fraction of sp³-hybridized carbons (Fsp3) is 0.304. The first-order valence-electron chi connectivity index (χ1n) is 10.7. The van der Waals surface area contributed by atoms with Gasteiger partial charge in [0.25, 0.3) is 0 Å². The van der Waals surface area contributed by atoms with E-state index in [9.17, 15) is 37.1 Å². The van der Waals surface area contributed by atoms with Gasteiger partial charge in [0, 0.05) is 6.54 Å². The third-order valence-electron chi connectivity index (χ3n) is 5.20. The van der Waals surface area contributed by atoms with Crippen molar-refractivity contribution in [1.82, 2.24) is 10.0 Å². The number of carbonyl (C=O) groups excluding carboxylic acids is 2. The lowest BCUT2D eigenvalue weighted by atomic mass is 9.92. The van der Waals surface area contributed by atoms with E-state index in [1.165, 1.54) is 12.1 Å². The lowest BCUT2D eigenvalue weighted by molar-refractivity contribution is -0.138. The molecule has 0 fully saturated rings. The summed E-state index contributed by atoms with van der Waals surface area (Å²) in [5.41, 5.74) is -0.137. The van der Waals surface area contributed by atoms with E-state index in [-0.39, 0.29) is 24.3 Å². The Balaban J connectivity index is 2.02. The number of nitrogens with one attached hydrogen (secondary N) is 2. The maximum Gasteiger partial charge on any atom is 0.339 e. The molecule has 36 heavy (non-hydrogen) atoms. The largest absolute Gasteiger partial charge is 0.507 e. The summed E-state index contributed by atoms with van der Waals surface area (Å²) in [5, 5.41) is 29.8. The van der Waals surface area contributed by atoms with Crippen molar-refractivity contribution in [2.45, 2.75) is 42.5 Å². The van der Waals surface area contributed by atoms with E-state index in [4.69, 9.17) is 10.2 Å². The molecule has 0 aliphatic carbocycles. The molecule has 13 heteroatoms. The minimum Gasteiger partial charge on any atom is -0.507 e. The van der Waals surface area contributed by atoms with Gasteiger partial charge in [0.15, 0.2) is 0 Å². The summed E-state index contributed by atoms with van der Waals surface area (Å²) < 4.78 is 40.5. The number of rotatable bonds is 14. The van der Waals surface area contributed by atoms with Crippen molar-refractivity contribution in [3.63, 3.8) is 0 Å². The number of hydrogen-bond acceptors (Lipinski definition) is 7. The fourth-order valence-electron chi connectivity index (χ4n) is 3.37. The zero-order valence-corrected chi connectivity index (χ0v) is 19.7. The molecule has 0 aliphatic heterocycles. The third-order valence-corrected chi connectivity index (χ3v) is 6.65. The Labute approximate surface area is 206 Å². The van der Waals surface area contributed by atoms with Gasteiger partial charge in [-0.25, -0.2) is 22.3 Å². The van der Waals surface area contributed by atoms with Crippen molar-refractivity contribution in [3.8, 4) is 5.75 Å². The summed E-state index contributed by atoms with van der Waals surface area (Å²) in [7, 11) is -4.08. The summed E-state index contributed by atoms with van der Waals surface area (Å²) in [4.78, 5) is 45.5. The van der Waals surface area contributed by atoms with Crippen LogP contribution in [0.25, 0.3) is 0 Å². The summed E-state index contributed by atoms with van der Waals surface area (Å²) in [6, 6.07) is 6.68. The number of amides is 1. The van der Waals surface area contributed by atoms with E-state index in [0.29, 0.717) is 18.3 Å². The van der Waals surface area contributed by atoms with E-state index < -0.39 is 63.4 Å². The zero-order chi connectivity index (χ0) is 26.9. The highest BCUT2D eigenvalue weighted by Gasteiger charge is 2.24. The molecule has 2 rings (SSSR count). The maximum atomic E-state index is 13.3. The van der Waals surface area contributed by atoms with Gasteiger partial charge in [-0.2, -0.15) is 0 Å². The van der Waals surface area contributed by atoms with Crippen LogP contribution in [0.2, 0.25) is 0 Å². The van der Waals surface area contributed by atoms with Crippen LogP contribution in [0.15, 0.2) is 47.4 Å². The van der Waals surface area contributed by atoms with Crippen molar-refractivity contribution in [2.75, 3.05) is 6.54 Å². The standard InChI is InChI=1S/C23H25FN2O9S/c24-15-6-4-14(5-7-15)18(22(31)26-16(13-27)11-21(29)30)3-1-2-10-25-36(34,35)17-8-9-20(28)19(12-17)23(32)33/h4-9,12-13,16,18,25,28H,1-3,10-11H2,(H,26,31)(H,29,30)(H,32,33)/t16-,18?/m0/s1. The molecule has 194 valence electrons. The van der Waals surface area contributed by atoms with Gasteiger partial charge in [0.1, 0.15) is 23.4 Å². The smallest absolute Gasteiger partial charge is 0.339 e. The van der Waals surface area contributed by atoms with Crippen LogP contribution in [0, 0.1) is 5.82 Å². The van der Waals surface area contributed by atoms with Crippen LogP contribution >= 0.6 is 0 Å². The molecule has 0 spiro atoms. The second-order valence-corrected chi connectivity index (χ2v) is 9.60. The zero-order valence-electron chi connectivity index (χ0n) is 18.9. The molecule has 0 heterocycles. The molecular formula is C23H25FN2O9S. The van der Waals surface area contributed by atoms with E-state index in [1.807, 2.05) is 0 Å². The average Bonchev–Trinajstić information content (AvgIpc) is 2.81. The van der Waals surface area contributed by atoms with Crippen LogP contribution < -0.4 is 10.0 Å². The number of aromatic carboxylic acids is 1. The third kappa shape index (κ3) is 8.13. The SMILES string of the molecule is O=C[C@H](CC(=O)O)NC(=O)C(CCCCNS(=O)(=O)c1ccc(O)c(C(=O)O)c1)c1ccc(F)cc1. The number of phenols is 1. The van der Waals surface area contributed by atoms with Crippen molar-refractivity contribution in [1.29, 1.82) is 0 Å². The molecule has 1 unspecified atom stereocenters. The lowest BCUT2D eigenvalue weighted by Gasteiger charge is -2.19. The molecule has 2 atom stereocenters. The van der Waals surface area contributed by atoms with Crippen LogP contribution in [0.5, 0.6) is 5.75 Å². The molecule has 2 aromatic carbocycles. The minimum absolute atomic E-state index is 0.0562. The van der Waals surface area contributed by atoms with Crippen LogP contribution in [-0.4, -0.2) is 60.5 Å². The molecule has 0 bridgehead atoms. The lowest BCUT2D eigenvalue weighted by Crippen LogP contribution is -2.40. The maximum absolute atomic E-state index is 13.3. The number of aliphatic carboxylic acids is 1. The fourth-order valence-corrected chi connectivity index (χ4v) is 4.47. The number of benzene rings is 2. The predicted octanol–water partition coefficient (Wildman–Crippen LogP) is 1.62. The van der Waals surface area contributed by atoms with Gasteiger partial charge in [-0.05, 0) is 48.7 Å². The van der Waals surface area contributed by atoms with Crippen LogP contribution in [-0.2, 0) is 24.4 Å². The highest BCUT2D eigenvalue weighted by atomic mass is 32.2. The number of carbonyl (C=O) groups is 4. The summed E-state index contributed by atoms with van der Waals surface area (Å²) in [6.45, 7) is -0.0562. The number of carboxylic acids is 2. The normalized spacial score (nSPS) is 12.9. The highest BCUT2D eigenvalue weighted by Crippen LogP contribution is 2.24. The molecule has 0 saturated carbocycles. The number of unbranched alkanes of at least 4 members (excludes halogenated alkanes) is 1. The number of carboxylic acid groups (broad SMARTS) is 2. The summed E-state index contributed by atoms with van der Waals surface area (Å²) >= 11 is 0. The molecule has 1 amide bonds. The topological polar surface area (TPSA) is 187 Å². The molecule has 0 saturated heterocycles. The van der Waals surface area contributed by atoms with Gasteiger partial charge in [0.05, 0.1) is 23.3 Å². The number of aldehydes is 1. The Kier molecular flexibility index (Phi) is 10.1. The van der Waals surface area contributed by atoms with Crippen molar-refractivity contribution in [3.05, 3.63) is 59.4 Å². The van der Waals surface area contributed by atoms with Crippen molar-refractivity contribution >= 4 is 34.2 Å². The molecule has 0 radical (unpaired) electrons. The Morgan fingerprint density at radius 3 is 2.28 bits per heavy atom. The second-order valence-electron chi connectivity index (χ2n) is 7.83. The predicted molar refractivity (Wildman–Crippen MR) is 123 cm³/mol. The van der Waals surface area contributed by atoms with Crippen LogP contribution in [0.3, 0.4) is 0 Å². The Hall–Kier alpha value is -3.84. The summed E-state index contributed by atoms with van der Waals surface area (Å²) in [6.07, 6.45) is 0.467. The van der Waals surface area contributed by atoms with Crippen LogP contribution in [0.4, 0.5) is 4.39 Å². The number of aromatic hydroxyl groups is 1. The monoisotopic (exact) mass is 524 g/mol. The molecule has 0 aromatic heterocycles. The Morgan fingerprint density at radius 2 is 1.69 bits per heavy atom. The van der Waals surface area contributed by atoms with E-state index >= 15 is 0 Å². The first-order valence-corrected chi connectivity index (χ1v) is 12.2. The highest BCUT2D eigenvalue weighted by molar-refractivity contribution is 7.89. The number of hydrogen-bond donors (Lipinski definition) is 5. The van der Waals surface area contributed by atoms with Gasteiger partial charge < -0.3 is 25.4 Å². The van der Waals surface area contributed by atoms with E-state index in [1.54, 1.807) is 0 Å². The average molecular weight is 525 g/mol. The number of sulfonamides is 1. The minimum atomic E-state index is -4.08. The van der Waals surface area contributed by atoms with Gasteiger partial charge >= 0.3 is 11.9 Å². The molecule has 11 nitrogen and oxygen atoms in total. The number of halogens is 1. The van der Waals surface area contributed by atoms with Gasteiger partial charge in [-0.3, -0.25) is 9.59 Å². The Bertz CT molecular complexity index is 1220. The van der Waals surface area contributed by atoms with E-state index in [2.05, 4.69) is 10.0 Å². The molecular weight excluding hydrogens is 499 g/mol. The first-order chi connectivity index (χ1) is 16.9. The second kappa shape index (κ2) is 12.7.